The number of carbonyl (C=O) groups excluding carboxylic acids is 3. The lowest BCUT2D eigenvalue weighted by Crippen LogP contribution is -2.29. The van der Waals surface area contributed by atoms with Gasteiger partial charge in [-0.2, -0.15) is 0 Å². The minimum atomic E-state index is -0.885. The van der Waals surface area contributed by atoms with Crippen molar-refractivity contribution in [1.82, 2.24) is 0 Å². The summed E-state index contributed by atoms with van der Waals surface area (Å²) >= 11 is 12.0. The second-order valence-corrected chi connectivity index (χ2v) is 8.33. The molecule has 0 aromatic heterocycles. The van der Waals surface area contributed by atoms with Crippen LogP contribution in [0.25, 0.3) is 5.76 Å². The monoisotopic (exact) mass is 480 g/mol. The topological polar surface area (TPSA) is 86.7 Å². The van der Waals surface area contributed by atoms with Gasteiger partial charge in [-0.05, 0) is 66.2 Å². The van der Waals surface area contributed by atoms with Gasteiger partial charge >= 0.3 is 0 Å². The van der Waals surface area contributed by atoms with E-state index in [2.05, 4.69) is 5.32 Å². The molecule has 1 aliphatic rings. The molecule has 3 aromatic rings. The zero-order chi connectivity index (χ0) is 23.7. The maximum Gasteiger partial charge on any atom is 0.300 e. The van der Waals surface area contributed by atoms with E-state index in [4.69, 9.17) is 23.2 Å². The molecule has 2 amide bonds. The number of aliphatic hydroxyl groups is 1. The molecule has 0 spiro atoms. The fourth-order valence-corrected chi connectivity index (χ4v) is 3.98. The number of Topliss-reactive ketones (excluding diaryl/α,β-unsaturated/α-hetero) is 1. The molecule has 8 heteroatoms. The number of benzene rings is 3. The van der Waals surface area contributed by atoms with Crippen molar-refractivity contribution in [3.8, 4) is 0 Å². The summed E-state index contributed by atoms with van der Waals surface area (Å²) in [6, 6.07) is 18.7. The van der Waals surface area contributed by atoms with Gasteiger partial charge in [0.2, 0.25) is 5.91 Å². The van der Waals surface area contributed by atoms with Crippen LogP contribution in [0.5, 0.6) is 0 Å². The fourth-order valence-electron chi connectivity index (χ4n) is 3.73. The average molecular weight is 481 g/mol. The van der Waals surface area contributed by atoms with E-state index < -0.39 is 17.7 Å². The number of carbonyl (C=O) groups is 3. The number of amides is 2. The Morgan fingerprint density at radius 3 is 1.97 bits per heavy atom. The number of nitrogens with zero attached hydrogens (tertiary/aromatic N) is 1. The van der Waals surface area contributed by atoms with Gasteiger partial charge < -0.3 is 10.4 Å². The molecular weight excluding hydrogens is 463 g/mol. The number of hydrogen-bond acceptors (Lipinski definition) is 4. The molecule has 2 N–H and O–H groups in total. The summed E-state index contributed by atoms with van der Waals surface area (Å²) in [6.07, 6.45) is 0. The van der Waals surface area contributed by atoms with Crippen molar-refractivity contribution in [3.63, 3.8) is 0 Å². The second kappa shape index (κ2) is 9.10. The van der Waals surface area contributed by atoms with E-state index in [0.29, 0.717) is 32.5 Å². The van der Waals surface area contributed by atoms with Gasteiger partial charge in [-0.15, -0.1) is 0 Å². The summed E-state index contributed by atoms with van der Waals surface area (Å²) in [5.74, 6) is -2.12. The maximum absolute atomic E-state index is 13.1. The summed E-state index contributed by atoms with van der Waals surface area (Å²) in [7, 11) is 0. The van der Waals surface area contributed by atoms with Gasteiger partial charge in [0, 0.05) is 33.9 Å². The fraction of sp³-hybridized carbons (Fsp3) is 0.0800. The summed E-state index contributed by atoms with van der Waals surface area (Å²) < 4.78 is 0. The molecule has 1 aliphatic heterocycles. The molecule has 1 saturated heterocycles. The number of rotatable bonds is 4. The zero-order valence-corrected chi connectivity index (χ0v) is 18.9. The quantitative estimate of drug-likeness (QED) is 0.290. The lowest BCUT2D eigenvalue weighted by Gasteiger charge is -2.25. The first-order chi connectivity index (χ1) is 15.8. The SMILES string of the molecule is CC(=O)Nc1ccc(N2C(=O)C(=O)C(=C(O)c3ccc(Cl)cc3)C2c2ccc(Cl)cc2)cc1. The highest BCUT2D eigenvalue weighted by atomic mass is 35.5. The number of anilines is 2. The van der Waals surface area contributed by atoms with E-state index in [1.165, 1.54) is 11.8 Å². The van der Waals surface area contributed by atoms with E-state index in [1.54, 1.807) is 72.8 Å². The van der Waals surface area contributed by atoms with Gasteiger partial charge in [0.15, 0.2) is 0 Å². The first kappa shape index (κ1) is 22.6. The summed E-state index contributed by atoms with van der Waals surface area (Å²) in [5.41, 5.74) is 1.89. The molecule has 1 fully saturated rings. The largest absolute Gasteiger partial charge is 0.507 e. The second-order valence-electron chi connectivity index (χ2n) is 7.46. The van der Waals surface area contributed by atoms with E-state index in [0.717, 1.165) is 0 Å². The van der Waals surface area contributed by atoms with Gasteiger partial charge in [0.05, 0.1) is 11.6 Å². The Morgan fingerprint density at radius 2 is 1.42 bits per heavy atom. The Morgan fingerprint density at radius 1 is 0.879 bits per heavy atom. The predicted molar refractivity (Wildman–Crippen MR) is 128 cm³/mol. The van der Waals surface area contributed by atoms with E-state index in [9.17, 15) is 19.5 Å². The summed E-state index contributed by atoms with van der Waals surface area (Å²) in [6.45, 7) is 1.39. The molecule has 166 valence electrons. The number of hydrogen-bond donors (Lipinski definition) is 2. The van der Waals surface area contributed by atoms with Gasteiger partial charge in [-0.1, -0.05) is 35.3 Å². The Labute approximate surface area is 200 Å². The van der Waals surface area contributed by atoms with Crippen molar-refractivity contribution < 1.29 is 19.5 Å². The molecular formula is C25H18Cl2N2O4. The third-order valence-corrected chi connectivity index (χ3v) is 5.72. The number of halogens is 2. The molecule has 3 aromatic carbocycles. The van der Waals surface area contributed by atoms with Crippen LogP contribution in [0.4, 0.5) is 11.4 Å². The molecule has 0 aliphatic carbocycles. The van der Waals surface area contributed by atoms with Gasteiger partial charge in [-0.3, -0.25) is 19.3 Å². The molecule has 0 saturated carbocycles. The van der Waals surface area contributed by atoms with Crippen LogP contribution in [0.2, 0.25) is 10.0 Å². The molecule has 4 rings (SSSR count). The van der Waals surface area contributed by atoms with Crippen LogP contribution in [0.3, 0.4) is 0 Å². The third-order valence-electron chi connectivity index (χ3n) is 5.21. The molecule has 1 unspecified atom stereocenters. The van der Waals surface area contributed by atoms with E-state index in [1.807, 2.05) is 0 Å². The van der Waals surface area contributed by atoms with E-state index >= 15 is 0 Å². The van der Waals surface area contributed by atoms with Gasteiger partial charge in [0.25, 0.3) is 11.7 Å². The Balaban J connectivity index is 1.87. The Bertz CT molecular complexity index is 1270. The maximum atomic E-state index is 13.1. The van der Waals surface area contributed by atoms with Crippen molar-refractivity contribution in [3.05, 3.63) is 99.5 Å². The van der Waals surface area contributed by atoms with Crippen molar-refractivity contribution in [2.24, 2.45) is 0 Å². The van der Waals surface area contributed by atoms with Crippen LogP contribution in [-0.2, 0) is 14.4 Å². The molecule has 1 heterocycles. The standard InChI is InChI=1S/C25H18Cl2N2O4/c1-14(30)28-19-10-12-20(13-11-19)29-22(15-2-6-17(26)7-3-15)21(24(32)25(29)33)23(31)16-4-8-18(27)9-5-16/h2-13,22,31H,1H3,(H,28,30). The molecule has 33 heavy (non-hydrogen) atoms. The van der Waals surface area contributed by atoms with Crippen molar-refractivity contribution in [2.45, 2.75) is 13.0 Å². The highest BCUT2D eigenvalue weighted by molar-refractivity contribution is 6.51. The highest BCUT2D eigenvalue weighted by Crippen LogP contribution is 2.42. The van der Waals surface area contributed by atoms with E-state index in [-0.39, 0.29) is 17.2 Å². The average Bonchev–Trinajstić information content (AvgIpc) is 3.05. The summed E-state index contributed by atoms with van der Waals surface area (Å²) in [5, 5.41) is 14.7. The van der Waals surface area contributed by atoms with Crippen LogP contribution < -0.4 is 10.2 Å². The minimum absolute atomic E-state index is 0.0458. The predicted octanol–water partition coefficient (Wildman–Crippen LogP) is 5.58. The van der Waals surface area contributed by atoms with Crippen LogP contribution in [0.1, 0.15) is 24.1 Å². The van der Waals surface area contributed by atoms with Crippen LogP contribution in [0, 0.1) is 0 Å². The van der Waals surface area contributed by atoms with Crippen molar-refractivity contribution in [2.75, 3.05) is 10.2 Å². The van der Waals surface area contributed by atoms with Gasteiger partial charge in [0.1, 0.15) is 5.76 Å². The highest BCUT2D eigenvalue weighted by Gasteiger charge is 2.46. The number of nitrogens with one attached hydrogen (secondary N) is 1. The van der Waals surface area contributed by atoms with Crippen LogP contribution >= 0.6 is 23.2 Å². The van der Waals surface area contributed by atoms with Crippen molar-refractivity contribution in [1.29, 1.82) is 0 Å². The van der Waals surface area contributed by atoms with Crippen LogP contribution in [0.15, 0.2) is 78.4 Å². The molecule has 1 atom stereocenters. The number of aliphatic hydroxyl groups excluding tert-OH is 1. The molecule has 0 radical (unpaired) electrons. The van der Waals surface area contributed by atoms with Crippen LogP contribution in [-0.4, -0.2) is 22.7 Å². The van der Waals surface area contributed by atoms with Gasteiger partial charge in [-0.25, -0.2) is 0 Å². The summed E-state index contributed by atoms with van der Waals surface area (Å²) in [4.78, 5) is 38.9. The lowest BCUT2D eigenvalue weighted by atomic mass is 9.95. The Kier molecular flexibility index (Phi) is 6.22. The third kappa shape index (κ3) is 4.49. The van der Waals surface area contributed by atoms with Crippen molar-refractivity contribution >= 4 is 57.9 Å². The first-order valence-corrected chi connectivity index (χ1v) is 10.7. The molecule has 6 nitrogen and oxygen atoms in total. The number of ketones is 1. The minimum Gasteiger partial charge on any atom is -0.507 e. The normalized spacial score (nSPS) is 17.3. The zero-order valence-electron chi connectivity index (χ0n) is 17.4. The first-order valence-electron chi connectivity index (χ1n) is 9.96. The Hall–Kier alpha value is -3.61. The lowest BCUT2D eigenvalue weighted by molar-refractivity contribution is -0.132. The smallest absolute Gasteiger partial charge is 0.300 e. The molecule has 0 bridgehead atoms.